The Balaban J connectivity index is 3.15. The molecule has 2 N–H and O–H groups in total. The first-order valence-corrected chi connectivity index (χ1v) is 6.27. The Morgan fingerprint density at radius 3 is 2.71 bits per heavy atom. The molecule has 14 heavy (non-hydrogen) atoms. The third-order valence-corrected chi connectivity index (χ3v) is 2.68. The Bertz CT molecular complexity index is 151. The van der Waals surface area contributed by atoms with Gasteiger partial charge in [-0.3, -0.25) is 4.79 Å². The first-order valence-electron chi connectivity index (χ1n) is 5.12. The van der Waals surface area contributed by atoms with Gasteiger partial charge in [-0.05, 0) is 18.1 Å². The second-order valence-electron chi connectivity index (χ2n) is 3.64. The fraction of sp³-hybridized carbons (Fsp3) is 0.900. The summed E-state index contributed by atoms with van der Waals surface area (Å²) in [6.45, 7) is 5.07. The van der Waals surface area contributed by atoms with Crippen LogP contribution in [-0.2, 0) is 4.79 Å². The van der Waals surface area contributed by atoms with Gasteiger partial charge in [-0.15, -0.1) is 0 Å². The fourth-order valence-corrected chi connectivity index (χ4v) is 1.76. The third kappa shape index (κ3) is 9.86. The van der Waals surface area contributed by atoms with Crippen LogP contribution in [0.2, 0.25) is 0 Å². The molecule has 0 aromatic rings. The number of aliphatic hydroxyl groups excluding tert-OH is 1. The Morgan fingerprint density at radius 1 is 1.43 bits per heavy atom. The molecule has 0 spiro atoms. The van der Waals surface area contributed by atoms with Crippen LogP contribution in [0.15, 0.2) is 0 Å². The van der Waals surface area contributed by atoms with Crippen molar-refractivity contribution in [3.8, 4) is 0 Å². The van der Waals surface area contributed by atoms with Gasteiger partial charge in [0.1, 0.15) is 0 Å². The molecule has 0 aliphatic heterocycles. The highest BCUT2D eigenvalue weighted by molar-refractivity contribution is 7.99. The highest BCUT2D eigenvalue weighted by atomic mass is 32.2. The number of hydrogen-bond donors (Lipinski definition) is 2. The summed E-state index contributed by atoms with van der Waals surface area (Å²) in [7, 11) is 0. The molecule has 0 fully saturated rings. The van der Waals surface area contributed by atoms with Crippen molar-refractivity contribution in [2.24, 2.45) is 5.92 Å². The van der Waals surface area contributed by atoms with E-state index < -0.39 is 0 Å². The van der Waals surface area contributed by atoms with Gasteiger partial charge < -0.3 is 10.4 Å². The minimum Gasteiger partial charge on any atom is -0.396 e. The lowest BCUT2D eigenvalue weighted by atomic mass is 10.1. The van der Waals surface area contributed by atoms with Crippen LogP contribution in [0.4, 0.5) is 0 Å². The molecule has 0 aromatic heterocycles. The number of amides is 1. The van der Waals surface area contributed by atoms with Crippen LogP contribution in [0, 0.1) is 5.92 Å². The topological polar surface area (TPSA) is 49.3 Å². The summed E-state index contributed by atoms with van der Waals surface area (Å²) in [4.78, 5) is 11.2. The summed E-state index contributed by atoms with van der Waals surface area (Å²) in [5, 5.41) is 11.4. The van der Waals surface area contributed by atoms with Crippen molar-refractivity contribution >= 4 is 17.7 Å². The molecule has 4 heteroatoms. The highest BCUT2D eigenvalue weighted by Gasteiger charge is 2.02. The second-order valence-corrected chi connectivity index (χ2v) is 4.86. The summed E-state index contributed by atoms with van der Waals surface area (Å²) in [5.74, 6) is 2.47. The van der Waals surface area contributed by atoms with Gasteiger partial charge in [-0.25, -0.2) is 0 Å². The van der Waals surface area contributed by atoms with Crippen LogP contribution < -0.4 is 5.32 Å². The second kappa shape index (κ2) is 9.34. The Kier molecular flexibility index (Phi) is 9.19. The Hall–Kier alpha value is -0.220. The molecule has 0 rings (SSSR count). The van der Waals surface area contributed by atoms with E-state index >= 15 is 0 Å². The maximum atomic E-state index is 11.2. The summed E-state index contributed by atoms with van der Waals surface area (Å²) < 4.78 is 0. The van der Waals surface area contributed by atoms with E-state index in [1.807, 2.05) is 13.8 Å². The summed E-state index contributed by atoms with van der Waals surface area (Å²) in [6.07, 6.45) is 1.45. The van der Waals surface area contributed by atoms with E-state index in [1.165, 1.54) is 0 Å². The average molecular weight is 219 g/mol. The maximum Gasteiger partial charge on any atom is 0.220 e. The van der Waals surface area contributed by atoms with E-state index in [-0.39, 0.29) is 12.5 Å². The number of nitrogens with one attached hydrogen (secondary N) is 1. The van der Waals surface area contributed by atoms with E-state index in [4.69, 9.17) is 5.11 Å². The molecule has 0 unspecified atom stereocenters. The highest BCUT2D eigenvalue weighted by Crippen LogP contribution is 2.01. The molecule has 0 radical (unpaired) electrons. The molecule has 0 aliphatic rings. The predicted molar refractivity (Wildman–Crippen MR) is 61.5 cm³/mol. The normalized spacial score (nSPS) is 10.6. The SMILES string of the molecule is CC(C)CC(=O)NCCSCCCO. The number of carbonyl (C=O) groups excluding carboxylic acids is 1. The molecular formula is C10H21NO2S. The molecule has 1 amide bonds. The molecular weight excluding hydrogens is 198 g/mol. The first kappa shape index (κ1) is 13.8. The third-order valence-electron chi connectivity index (χ3n) is 1.61. The Labute approximate surface area is 90.7 Å². The summed E-state index contributed by atoms with van der Waals surface area (Å²) in [5.41, 5.74) is 0. The van der Waals surface area contributed by atoms with E-state index in [2.05, 4.69) is 5.32 Å². The van der Waals surface area contributed by atoms with Crippen molar-refractivity contribution < 1.29 is 9.90 Å². The van der Waals surface area contributed by atoms with Crippen molar-refractivity contribution in [1.82, 2.24) is 5.32 Å². The minimum absolute atomic E-state index is 0.141. The van der Waals surface area contributed by atoms with E-state index in [0.29, 0.717) is 12.3 Å². The van der Waals surface area contributed by atoms with Crippen molar-refractivity contribution in [1.29, 1.82) is 0 Å². The van der Waals surface area contributed by atoms with Gasteiger partial charge in [0, 0.05) is 25.3 Å². The lowest BCUT2D eigenvalue weighted by Crippen LogP contribution is -2.26. The number of thioether (sulfide) groups is 1. The maximum absolute atomic E-state index is 11.2. The van der Waals surface area contributed by atoms with Gasteiger partial charge in [-0.1, -0.05) is 13.8 Å². The van der Waals surface area contributed by atoms with Crippen molar-refractivity contribution in [3.63, 3.8) is 0 Å². The van der Waals surface area contributed by atoms with Gasteiger partial charge >= 0.3 is 0 Å². The van der Waals surface area contributed by atoms with Crippen molar-refractivity contribution in [3.05, 3.63) is 0 Å². The van der Waals surface area contributed by atoms with E-state index in [9.17, 15) is 4.79 Å². The number of rotatable bonds is 8. The lowest BCUT2D eigenvalue weighted by molar-refractivity contribution is -0.121. The van der Waals surface area contributed by atoms with Crippen LogP contribution in [0.5, 0.6) is 0 Å². The smallest absolute Gasteiger partial charge is 0.220 e. The summed E-state index contributed by atoms with van der Waals surface area (Å²) in [6, 6.07) is 0. The zero-order valence-electron chi connectivity index (χ0n) is 9.08. The molecule has 0 bridgehead atoms. The lowest BCUT2D eigenvalue weighted by Gasteiger charge is -2.06. The minimum atomic E-state index is 0.141. The average Bonchev–Trinajstić information content (AvgIpc) is 2.10. The van der Waals surface area contributed by atoms with Gasteiger partial charge in [0.15, 0.2) is 0 Å². The standard InChI is InChI=1S/C10H21NO2S/c1-9(2)8-10(13)11-4-7-14-6-3-5-12/h9,12H,3-8H2,1-2H3,(H,11,13). The predicted octanol–water partition coefficient (Wildman–Crippen LogP) is 1.26. The van der Waals surface area contributed by atoms with Crippen LogP contribution in [0.25, 0.3) is 0 Å². The van der Waals surface area contributed by atoms with Gasteiger partial charge in [0.05, 0.1) is 0 Å². The number of carbonyl (C=O) groups is 1. The zero-order valence-corrected chi connectivity index (χ0v) is 9.90. The van der Waals surface area contributed by atoms with Crippen LogP contribution in [-0.4, -0.2) is 35.7 Å². The van der Waals surface area contributed by atoms with Crippen LogP contribution in [0.1, 0.15) is 26.7 Å². The number of hydrogen-bond acceptors (Lipinski definition) is 3. The molecule has 0 atom stereocenters. The number of aliphatic hydroxyl groups is 1. The van der Waals surface area contributed by atoms with Crippen molar-refractivity contribution in [2.45, 2.75) is 26.7 Å². The Morgan fingerprint density at radius 2 is 2.14 bits per heavy atom. The molecule has 0 aromatic carbocycles. The largest absolute Gasteiger partial charge is 0.396 e. The quantitative estimate of drug-likeness (QED) is 0.604. The van der Waals surface area contributed by atoms with Gasteiger partial charge in [-0.2, -0.15) is 11.8 Å². The fourth-order valence-electron chi connectivity index (χ4n) is 0.974. The molecule has 0 saturated carbocycles. The molecule has 3 nitrogen and oxygen atoms in total. The molecule has 0 aliphatic carbocycles. The van der Waals surface area contributed by atoms with Gasteiger partial charge in [0.2, 0.25) is 5.91 Å². The molecule has 0 saturated heterocycles. The first-order chi connectivity index (χ1) is 6.66. The molecule has 84 valence electrons. The van der Waals surface area contributed by atoms with Crippen LogP contribution in [0.3, 0.4) is 0 Å². The summed E-state index contributed by atoms with van der Waals surface area (Å²) >= 11 is 1.76. The van der Waals surface area contributed by atoms with Crippen molar-refractivity contribution in [2.75, 3.05) is 24.7 Å². The molecule has 0 heterocycles. The van der Waals surface area contributed by atoms with E-state index in [0.717, 1.165) is 24.5 Å². The van der Waals surface area contributed by atoms with Crippen LogP contribution >= 0.6 is 11.8 Å². The van der Waals surface area contributed by atoms with Gasteiger partial charge in [0.25, 0.3) is 0 Å². The monoisotopic (exact) mass is 219 g/mol. The zero-order chi connectivity index (χ0) is 10.8. The van der Waals surface area contributed by atoms with E-state index in [1.54, 1.807) is 11.8 Å².